The van der Waals surface area contributed by atoms with Gasteiger partial charge in [0.25, 0.3) is 0 Å². The second-order valence-electron chi connectivity index (χ2n) is 6.81. The Balaban J connectivity index is 1.51. The van der Waals surface area contributed by atoms with Crippen molar-refractivity contribution < 1.29 is 9.53 Å². The SMILES string of the molecule is CCCOc1ccccc1CCCN1CCC2(CCNC2)C1=O. The van der Waals surface area contributed by atoms with E-state index in [9.17, 15) is 4.79 Å². The minimum absolute atomic E-state index is 0.0812. The molecule has 2 aliphatic heterocycles. The summed E-state index contributed by atoms with van der Waals surface area (Å²) in [5, 5.41) is 3.35. The Morgan fingerprint density at radius 3 is 2.96 bits per heavy atom. The Bertz CT molecular complexity index is 538. The Hall–Kier alpha value is -1.55. The number of carbonyl (C=O) groups is 1. The monoisotopic (exact) mass is 316 g/mol. The maximum Gasteiger partial charge on any atom is 0.230 e. The van der Waals surface area contributed by atoms with Crippen LogP contribution in [-0.4, -0.2) is 43.6 Å². The number of hydrogen-bond donors (Lipinski definition) is 1. The van der Waals surface area contributed by atoms with E-state index in [1.165, 1.54) is 5.56 Å². The number of amides is 1. The largest absolute Gasteiger partial charge is 0.493 e. The fourth-order valence-electron chi connectivity index (χ4n) is 3.77. The van der Waals surface area contributed by atoms with Crippen molar-refractivity contribution in [2.24, 2.45) is 5.41 Å². The molecule has 2 fully saturated rings. The van der Waals surface area contributed by atoms with Gasteiger partial charge in [-0.1, -0.05) is 25.1 Å². The second-order valence-corrected chi connectivity index (χ2v) is 6.81. The van der Waals surface area contributed by atoms with Crippen LogP contribution in [-0.2, 0) is 11.2 Å². The summed E-state index contributed by atoms with van der Waals surface area (Å²) in [5.41, 5.74) is 1.17. The molecule has 0 aromatic heterocycles. The van der Waals surface area contributed by atoms with E-state index < -0.39 is 0 Å². The highest BCUT2D eigenvalue weighted by molar-refractivity contribution is 5.85. The van der Waals surface area contributed by atoms with Crippen LogP contribution in [0.2, 0.25) is 0 Å². The van der Waals surface area contributed by atoms with Crippen molar-refractivity contribution in [3.8, 4) is 5.75 Å². The zero-order valence-electron chi connectivity index (χ0n) is 14.1. The highest BCUT2D eigenvalue weighted by Crippen LogP contribution is 2.37. The van der Waals surface area contributed by atoms with Crippen molar-refractivity contribution in [2.45, 2.75) is 39.0 Å². The second kappa shape index (κ2) is 7.35. The van der Waals surface area contributed by atoms with Gasteiger partial charge in [-0.2, -0.15) is 0 Å². The summed E-state index contributed by atoms with van der Waals surface area (Å²) in [5.74, 6) is 1.37. The minimum atomic E-state index is -0.0812. The van der Waals surface area contributed by atoms with Crippen LogP contribution in [0.4, 0.5) is 0 Å². The van der Waals surface area contributed by atoms with Gasteiger partial charge in [-0.25, -0.2) is 0 Å². The predicted molar refractivity (Wildman–Crippen MR) is 91.7 cm³/mol. The zero-order valence-corrected chi connectivity index (χ0v) is 14.1. The van der Waals surface area contributed by atoms with Gasteiger partial charge in [0, 0.05) is 19.6 Å². The molecule has 1 N–H and O–H groups in total. The summed E-state index contributed by atoms with van der Waals surface area (Å²) in [6.45, 7) is 6.53. The number of ether oxygens (including phenoxy) is 1. The molecule has 0 aliphatic carbocycles. The van der Waals surface area contributed by atoms with Gasteiger partial charge in [-0.3, -0.25) is 4.79 Å². The molecule has 1 spiro atoms. The molecule has 4 heteroatoms. The molecule has 2 aliphatic rings. The molecular weight excluding hydrogens is 288 g/mol. The number of hydrogen-bond acceptors (Lipinski definition) is 3. The van der Waals surface area contributed by atoms with E-state index in [4.69, 9.17) is 4.74 Å². The summed E-state index contributed by atoms with van der Waals surface area (Å²) in [4.78, 5) is 14.7. The molecular formula is C19H28N2O2. The number of nitrogens with one attached hydrogen (secondary N) is 1. The lowest BCUT2D eigenvalue weighted by Gasteiger charge is -2.22. The quantitative estimate of drug-likeness (QED) is 0.841. The number of para-hydroxylation sites is 1. The van der Waals surface area contributed by atoms with E-state index >= 15 is 0 Å². The molecule has 126 valence electrons. The average Bonchev–Trinajstić information content (AvgIpc) is 3.17. The number of likely N-dealkylation sites (tertiary alicyclic amines) is 1. The van der Waals surface area contributed by atoms with Crippen molar-refractivity contribution in [3.63, 3.8) is 0 Å². The standard InChI is InChI=1S/C19H28N2O2/c1-2-14-23-17-8-4-3-6-16(17)7-5-12-21-13-10-19(18(21)22)9-11-20-15-19/h3-4,6,8,20H,2,5,7,9-15H2,1H3. The first-order chi connectivity index (χ1) is 11.2. The maximum absolute atomic E-state index is 12.6. The third-order valence-electron chi connectivity index (χ3n) is 5.15. The van der Waals surface area contributed by atoms with Gasteiger partial charge in [-0.15, -0.1) is 0 Å². The van der Waals surface area contributed by atoms with Crippen LogP contribution in [0.15, 0.2) is 24.3 Å². The van der Waals surface area contributed by atoms with Crippen LogP contribution < -0.4 is 10.1 Å². The number of aryl methyl sites for hydroxylation is 1. The van der Waals surface area contributed by atoms with Gasteiger partial charge < -0.3 is 15.0 Å². The van der Waals surface area contributed by atoms with E-state index in [-0.39, 0.29) is 5.41 Å². The number of nitrogens with zero attached hydrogens (tertiary/aromatic N) is 1. The van der Waals surface area contributed by atoms with Crippen LogP contribution in [0.1, 0.15) is 38.2 Å². The van der Waals surface area contributed by atoms with E-state index in [0.29, 0.717) is 5.91 Å². The zero-order chi connectivity index (χ0) is 16.1. The minimum Gasteiger partial charge on any atom is -0.493 e. The molecule has 0 saturated carbocycles. The van der Waals surface area contributed by atoms with E-state index in [1.807, 2.05) is 12.1 Å². The third-order valence-corrected chi connectivity index (χ3v) is 5.15. The van der Waals surface area contributed by atoms with Crippen molar-refractivity contribution >= 4 is 5.91 Å². The van der Waals surface area contributed by atoms with Crippen LogP contribution in [0.5, 0.6) is 5.75 Å². The lowest BCUT2D eigenvalue weighted by Crippen LogP contribution is -2.36. The summed E-state index contributed by atoms with van der Waals surface area (Å²) < 4.78 is 5.82. The lowest BCUT2D eigenvalue weighted by molar-refractivity contribution is -0.135. The van der Waals surface area contributed by atoms with Gasteiger partial charge >= 0.3 is 0 Å². The Morgan fingerprint density at radius 1 is 1.30 bits per heavy atom. The van der Waals surface area contributed by atoms with E-state index in [1.54, 1.807) is 0 Å². The van der Waals surface area contributed by atoms with Gasteiger partial charge in [0.15, 0.2) is 0 Å². The molecule has 0 bridgehead atoms. The van der Waals surface area contributed by atoms with Gasteiger partial charge in [0.1, 0.15) is 5.75 Å². The first kappa shape index (κ1) is 16.3. The first-order valence-corrected chi connectivity index (χ1v) is 8.96. The summed E-state index contributed by atoms with van der Waals surface area (Å²) in [6.07, 6.45) is 5.02. The highest BCUT2D eigenvalue weighted by atomic mass is 16.5. The van der Waals surface area contributed by atoms with Crippen molar-refractivity contribution in [3.05, 3.63) is 29.8 Å². The summed E-state index contributed by atoms with van der Waals surface area (Å²) >= 11 is 0. The molecule has 2 heterocycles. The van der Waals surface area contributed by atoms with Crippen molar-refractivity contribution in [2.75, 3.05) is 32.8 Å². The first-order valence-electron chi connectivity index (χ1n) is 8.96. The van der Waals surface area contributed by atoms with Crippen molar-refractivity contribution in [1.29, 1.82) is 0 Å². The van der Waals surface area contributed by atoms with Gasteiger partial charge in [0.2, 0.25) is 5.91 Å². The molecule has 1 unspecified atom stereocenters. The fraction of sp³-hybridized carbons (Fsp3) is 0.632. The van der Waals surface area contributed by atoms with E-state index in [0.717, 1.165) is 70.6 Å². The van der Waals surface area contributed by atoms with Crippen LogP contribution in [0, 0.1) is 5.41 Å². The number of benzene rings is 1. The normalized spacial score (nSPS) is 23.9. The molecule has 23 heavy (non-hydrogen) atoms. The molecule has 1 atom stereocenters. The topological polar surface area (TPSA) is 41.6 Å². The lowest BCUT2D eigenvalue weighted by atomic mass is 9.86. The number of rotatable bonds is 7. The Morgan fingerprint density at radius 2 is 2.17 bits per heavy atom. The molecule has 3 rings (SSSR count). The maximum atomic E-state index is 12.6. The fourth-order valence-corrected chi connectivity index (χ4v) is 3.77. The Kier molecular flexibility index (Phi) is 5.21. The Labute approximate surface area is 139 Å². The number of carbonyl (C=O) groups excluding carboxylic acids is 1. The van der Waals surface area contributed by atoms with Crippen LogP contribution in [0.25, 0.3) is 0 Å². The smallest absolute Gasteiger partial charge is 0.230 e. The molecule has 1 aromatic rings. The predicted octanol–water partition coefficient (Wildman–Crippen LogP) is 2.62. The van der Waals surface area contributed by atoms with Gasteiger partial charge in [0.05, 0.1) is 12.0 Å². The third kappa shape index (κ3) is 3.52. The average molecular weight is 316 g/mol. The molecule has 1 amide bonds. The van der Waals surface area contributed by atoms with Crippen LogP contribution >= 0.6 is 0 Å². The molecule has 1 aromatic carbocycles. The van der Waals surface area contributed by atoms with Crippen molar-refractivity contribution in [1.82, 2.24) is 10.2 Å². The molecule has 4 nitrogen and oxygen atoms in total. The van der Waals surface area contributed by atoms with Gasteiger partial charge in [-0.05, 0) is 50.3 Å². The van der Waals surface area contributed by atoms with E-state index in [2.05, 4.69) is 29.3 Å². The molecule has 2 saturated heterocycles. The van der Waals surface area contributed by atoms with Crippen LogP contribution in [0.3, 0.4) is 0 Å². The molecule has 0 radical (unpaired) electrons. The summed E-state index contributed by atoms with van der Waals surface area (Å²) in [7, 11) is 0. The highest BCUT2D eigenvalue weighted by Gasteiger charge is 2.47. The summed E-state index contributed by atoms with van der Waals surface area (Å²) in [6, 6.07) is 8.27.